The topological polar surface area (TPSA) is 78.4 Å². The fourth-order valence-electron chi connectivity index (χ4n) is 1.22. The van der Waals surface area contributed by atoms with Crippen molar-refractivity contribution in [2.45, 2.75) is 39.5 Å². The molecule has 0 saturated heterocycles. The Labute approximate surface area is 96.6 Å². The van der Waals surface area contributed by atoms with Gasteiger partial charge in [0, 0.05) is 13.1 Å². The summed E-state index contributed by atoms with van der Waals surface area (Å²) in [5.74, 6) is -0.207. The van der Waals surface area contributed by atoms with Crippen molar-refractivity contribution in [3.63, 3.8) is 0 Å². The summed E-state index contributed by atoms with van der Waals surface area (Å²) in [5, 5.41) is 13.5. The minimum Gasteiger partial charge on any atom is -0.481 e. The van der Waals surface area contributed by atoms with Gasteiger partial charge in [-0.1, -0.05) is 26.7 Å². The highest BCUT2D eigenvalue weighted by molar-refractivity contribution is 5.74. The van der Waals surface area contributed by atoms with Crippen molar-refractivity contribution in [2.24, 2.45) is 5.92 Å². The van der Waals surface area contributed by atoms with Crippen LogP contribution >= 0.6 is 0 Å². The predicted octanol–water partition coefficient (Wildman–Crippen LogP) is 1.59. The van der Waals surface area contributed by atoms with Crippen LogP contribution in [0.5, 0.6) is 0 Å². The Morgan fingerprint density at radius 1 is 1.12 bits per heavy atom. The molecule has 16 heavy (non-hydrogen) atoms. The van der Waals surface area contributed by atoms with Crippen LogP contribution in [-0.2, 0) is 4.79 Å². The van der Waals surface area contributed by atoms with Gasteiger partial charge in [-0.2, -0.15) is 0 Å². The standard InChI is InChI=1S/C11H22N2O3/c1-9(2)5-3-4-7-12-11(16)13-8-6-10(14)15/h9H,3-8H2,1-2H3,(H,14,15)(H2,12,13,16). The van der Waals surface area contributed by atoms with Gasteiger partial charge in [0.1, 0.15) is 0 Å². The quantitative estimate of drug-likeness (QED) is 0.554. The lowest BCUT2D eigenvalue weighted by atomic mass is 10.1. The molecule has 5 heteroatoms. The van der Waals surface area contributed by atoms with E-state index in [0.717, 1.165) is 12.8 Å². The van der Waals surface area contributed by atoms with Crippen molar-refractivity contribution in [2.75, 3.05) is 13.1 Å². The molecule has 0 fully saturated rings. The number of hydrogen-bond donors (Lipinski definition) is 3. The Hall–Kier alpha value is -1.26. The molecule has 0 rings (SSSR count). The Morgan fingerprint density at radius 3 is 2.31 bits per heavy atom. The van der Waals surface area contributed by atoms with E-state index >= 15 is 0 Å². The molecule has 0 aliphatic carbocycles. The average molecular weight is 230 g/mol. The lowest BCUT2D eigenvalue weighted by Gasteiger charge is -2.07. The minimum absolute atomic E-state index is 0.0409. The first-order valence-electron chi connectivity index (χ1n) is 5.76. The van der Waals surface area contributed by atoms with Gasteiger partial charge in [0.05, 0.1) is 6.42 Å². The third kappa shape index (κ3) is 10.8. The van der Waals surface area contributed by atoms with E-state index in [-0.39, 0.29) is 19.0 Å². The van der Waals surface area contributed by atoms with E-state index < -0.39 is 5.97 Å². The number of carboxylic acids is 1. The van der Waals surface area contributed by atoms with Crippen LogP contribution in [0.1, 0.15) is 39.5 Å². The van der Waals surface area contributed by atoms with E-state index in [2.05, 4.69) is 24.5 Å². The first-order valence-corrected chi connectivity index (χ1v) is 5.76. The first-order chi connectivity index (χ1) is 7.52. The zero-order valence-corrected chi connectivity index (χ0v) is 10.1. The molecule has 0 aliphatic rings. The smallest absolute Gasteiger partial charge is 0.314 e. The normalized spacial score (nSPS) is 10.2. The maximum atomic E-state index is 11.1. The van der Waals surface area contributed by atoms with Crippen molar-refractivity contribution in [1.29, 1.82) is 0 Å². The van der Waals surface area contributed by atoms with Crippen LogP contribution in [0.2, 0.25) is 0 Å². The Kier molecular flexibility index (Phi) is 8.29. The molecule has 0 aromatic heterocycles. The van der Waals surface area contributed by atoms with Gasteiger partial charge in [0.2, 0.25) is 0 Å². The summed E-state index contributed by atoms with van der Waals surface area (Å²) < 4.78 is 0. The number of carbonyl (C=O) groups is 2. The molecule has 0 radical (unpaired) electrons. The molecule has 5 nitrogen and oxygen atoms in total. The summed E-state index contributed by atoms with van der Waals surface area (Å²) >= 11 is 0. The molecule has 0 bridgehead atoms. The molecule has 0 spiro atoms. The first kappa shape index (κ1) is 14.7. The van der Waals surface area contributed by atoms with Gasteiger partial charge < -0.3 is 15.7 Å². The van der Waals surface area contributed by atoms with Crippen molar-refractivity contribution < 1.29 is 14.7 Å². The predicted molar refractivity (Wildman–Crippen MR) is 62.3 cm³/mol. The van der Waals surface area contributed by atoms with Gasteiger partial charge in [-0.15, -0.1) is 0 Å². The molecule has 0 saturated carbocycles. The van der Waals surface area contributed by atoms with Gasteiger partial charge in [0.25, 0.3) is 0 Å². The summed E-state index contributed by atoms with van der Waals surface area (Å²) in [7, 11) is 0. The highest BCUT2D eigenvalue weighted by Gasteiger charge is 2.01. The Morgan fingerprint density at radius 2 is 1.75 bits per heavy atom. The summed E-state index contributed by atoms with van der Waals surface area (Å²) in [6.45, 7) is 5.16. The largest absolute Gasteiger partial charge is 0.481 e. The average Bonchev–Trinajstić information content (AvgIpc) is 2.16. The number of nitrogens with one attached hydrogen (secondary N) is 2. The summed E-state index contributed by atoms with van der Waals surface area (Å²) in [4.78, 5) is 21.3. The van der Waals surface area contributed by atoms with E-state index in [1.165, 1.54) is 6.42 Å². The second-order valence-corrected chi connectivity index (χ2v) is 4.22. The van der Waals surface area contributed by atoms with E-state index in [4.69, 9.17) is 5.11 Å². The molecule has 94 valence electrons. The number of unbranched alkanes of at least 4 members (excludes halogenated alkanes) is 1. The SMILES string of the molecule is CC(C)CCCCNC(=O)NCCC(=O)O. The fraction of sp³-hybridized carbons (Fsp3) is 0.818. The van der Waals surface area contributed by atoms with Crippen LogP contribution in [0.15, 0.2) is 0 Å². The van der Waals surface area contributed by atoms with Crippen LogP contribution in [-0.4, -0.2) is 30.2 Å². The van der Waals surface area contributed by atoms with Crippen LogP contribution in [0.4, 0.5) is 4.79 Å². The van der Waals surface area contributed by atoms with E-state index in [1.807, 2.05) is 0 Å². The van der Waals surface area contributed by atoms with Crippen molar-refractivity contribution in [3.05, 3.63) is 0 Å². The van der Waals surface area contributed by atoms with Crippen LogP contribution in [0, 0.1) is 5.92 Å². The maximum absolute atomic E-state index is 11.1. The summed E-state index contributed by atoms with van der Waals surface area (Å²) in [6.07, 6.45) is 3.20. The van der Waals surface area contributed by atoms with Crippen molar-refractivity contribution in [3.8, 4) is 0 Å². The number of aliphatic carboxylic acids is 1. The number of amides is 2. The summed E-state index contributed by atoms with van der Waals surface area (Å²) in [5.41, 5.74) is 0. The highest BCUT2D eigenvalue weighted by atomic mass is 16.4. The maximum Gasteiger partial charge on any atom is 0.314 e. The van der Waals surface area contributed by atoms with Crippen molar-refractivity contribution >= 4 is 12.0 Å². The number of hydrogen-bond acceptors (Lipinski definition) is 2. The molecule has 0 aromatic carbocycles. The molecule has 0 unspecified atom stereocenters. The molecular weight excluding hydrogens is 208 g/mol. The number of carbonyl (C=O) groups excluding carboxylic acids is 1. The number of rotatable bonds is 8. The molecular formula is C11H22N2O3. The highest BCUT2D eigenvalue weighted by Crippen LogP contribution is 2.04. The molecule has 0 atom stereocenters. The van der Waals surface area contributed by atoms with Gasteiger partial charge in [-0.05, 0) is 12.3 Å². The molecule has 3 N–H and O–H groups in total. The van der Waals surface area contributed by atoms with E-state index in [0.29, 0.717) is 12.5 Å². The monoisotopic (exact) mass is 230 g/mol. The Balaban J connectivity index is 3.27. The van der Waals surface area contributed by atoms with Gasteiger partial charge >= 0.3 is 12.0 Å². The second-order valence-electron chi connectivity index (χ2n) is 4.22. The third-order valence-electron chi connectivity index (χ3n) is 2.12. The second kappa shape index (κ2) is 9.00. The minimum atomic E-state index is -0.905. The van der Waals surface area contributed by atoms with E-state index in [9.17, 15) is 9.59 Å². The van der Waals surface area contributed by atoms with Crippen molar-refractivity contribution in [1.82, 2.24) is 10.6 Å². The number of carboxylic acid groups (broad SMARTS) is 1. The zero-order chi connectivity index (χ0) is 12.4. The fourth-order valence-corrected chi connectivity index (χ4v) is 1.22. The molecule has 2 amide bonds. The van der Waals surface area contributed by atoms with Gasteiger partial charge in [-0.3, -0.25) is 4.79 Å². The summed E-state index contributed by atoms with van der Waals surface area (Å²) in [6, 6.07) is -0.286. The lowest BCUT2D eigenvalue weighted by molar-refractivity contribution is -0.136. The molecule has 0 heterocycles. The van der Waals surface area contributed by atoms with Crippen LogP contribution in [0.25, 0.3) is 0 Å². The number of urea groups is 1. The third-order valence-corrected chi connectivity index (χ3v) is 2.12. The van der Waals surface area contributed by atoms with E-state index in [1.54, 1.807) is 0 Å². The van der Waals surface area contributed by atoms with Gasteiger partial charge in [0.15, 0.2) is 0 Å². The van der Waals surface area contributed by atoms with Crippen LogP contribution in [0.3, 0.4) is 0 Å². The van der Waals surface area contributed by atoms with Gasteiger partial charge in [-0.25, -0.2) is 4.79 Å². The van der Waals surface area contributed by atoms with Crippen LogP contribution < -0.4 is 10.6 Å². The molecule has 0 aliphatic heterocycles. The molecule has 0 aromatic rings. The Bertz CT molecular complexity index is 217. The lowest BCUT2D eigenvalue weighted by Crippen LogP contribution is -2.37. The zero-order valence-electron chi connectivity index (χ0n) is 10.1.